The third-order valence-electron chi connectivity index (χ3n) is 0.349. The zero-order valence-electron chi connectivity index (χ0n) is 5.99. The molecule has 0 aliphatic carbocycles. The van der Waals surface area contributed by atoms with Crippen molar-refractivity contribution >= 4 is 11.9 Å². The first kappa shape index (κ1) is 17.0. The molecule has 0 radical (unpaired) electrons. The van der Waals surface area contributed by atoms with Gasteiger partial charge in [0.25, 0.3) is 0 Å². The number of hydrogen-bond donors (Lipinski definition) is 4. The Bertz CT molecular complexity index is 105. The van der Waals surface area contributed by atoms with Gasteiger partial charge in [-0.2, -0.15) is 0 Å². The Hall–Kier alpha value is -0.218. The SMILES string of the molecule is NCC(=O)O.NCC(=O)O.[Cd]. The number of hydrogen-bond acceptors (Lipinski definition) is 4. The number of nitrogens with two attached hydrogens (primary N) is 2. The Balaban J connectivity index is -0.000000107. The molecule has 0 bridgehead atoms. The van der Waals surface area contributed by atoms with Gasteiger partial charge in [-0.15, -0.1) is 0 Å². The Labute approximate surface area is 83.7 Å². The first-order valence-electron chi connectivity index (χ1n) is 2.38. The molecule has 0 aromatic carbocycles. The standard InChI is InChI=1S/2C2H5NO2.Cd/c2*3-1-2(4)5;/h2*1,3H2,(H,4,5);. The molecule has 6 nitrogen and oxygen atoms in total. The van der Waals surface area contributed by atoms with Crippen LogP contribution in [0.4, 0.5) is 0 Å². The summed E-state index contributed by atoms with van der Waals surface area (Å²) in [6.07, 6.45) is 0. The molecule has 0 unspecified atom stereocenters. The van der Waals surface area contributed by atoms with Crippen LogP contribution >= 0.6 is 0 Å². The number of carbonyl (C=O) groups is 2. The molecule has 0 fully saturated rings. The van der Waals surface area contributed by atoms with Crippen molar-refractivity contribution in [2.24, 2.45) is 11.5 Å². The fourth-order valence-electron chi connectivity index (χ4n) is 0. The average Bonchev–Trinajstić information content (AvgIpc) is 1.89. The quantitative estimate of drug-likeness (QED) is 0.429. The third kappa shape index (κ3) is 41.4. The molecule has 0 aromatic rings. The van der Waals surface area contributed by atoms with Gasteiger partial charge in [-0.3, -0.25) is 9.59 Å². The molecule has 0 saturated carbocycles. The largest absolute Gasteiger partial charge is 0.480 e. The maximum Gasteiger partial charge on any atom is 0.317 e. The summed E-state index contributed by atoms with van der Waals surface area (Å²) < 4.78 is 0. The molecule has 0 aliphatic rings. The van der Waals surface area contributed by atoms with Crippen LogP contribution in [0.3, 0.4) is 0 Å². The predicted octanol–water partition coefficient (Wildman–Crippen LogP) is -1.94. The van der Waals surface area contributed by atoms with Crippen LogP contribution in [0.1, 0.15) is 0 Å². The van der Waals surface area contributed by atoms with Gasteiger partial charge in [-0.1, -0.05) is 0 Å². The van der Waals surface area contributed by atoms with Crippen molar-refractivity contribution in [2.45, 2.75) is 0 Å². The molecule has 0 spiro atoms. The summed E-state index contributed by atoms with van der Waals surface area (Å²) in [4.78, 5) is 18.5. The molecule has 11 heavy (non-hydrogen) atoms. The van der Waals surface area contributed by atoms with E-state index in [-0.39, 0.29) is 40.4 Å². The van der Waals surface area contributed by atoms with Crippen LogP contribution < -0.4 is 11.5 Å². The monoisotopic (exact) mass is 264 g/mol. The molecule has 0 heterocycles. The van der Waals surface area contributed by atoms with E-state index in [1.54, 1.807) is 0 Å². The third-order valence-corrected chi connectivity index (χ3v) is 0.349. The van der Waals surface area contributed by atoms with Crippen molar-refractivity contribution in [2.75, 3.05) is 13.1 Å². The second kappa shape index (κ2) is 12.5. The van der Waals surface area contributed by atoms with E-state index in [9.17, 15) is 9.59 Å². The maximum absolute atomic E-state index is 9.24. The zero-order chi connectivity index (χ0) is 8.57. The minimum absolute atomic E-state index is 0. The van der Waals surface area contributed by atoms with Crippen molar-refractivity contribution in [1.82, 2.24) is 0 Å². The number of rotatable bonds is 2. The molecule has 0 aliphatic heterocycles. The smallest absolute Gasteiger partial charge is 0.317 e. The molecular weight excluding hydrogens is 252 g/mol. The molecule has 0 atom stereocenters. The van der Waals surface area contributed by atoms with Gasteiger partial charge in [0.1, 0.15) is 0 Å². The van der Waals surface area contributed by atoms with Crippen LogP contribution in [-0.4, -0.2) is 35.2 Å². The summed E-state index contributed by atoms with van der Waals surface area (Å²) >= 11 is 0. The van der Waals surface area contributed by atoms with Gasteiger partial charge in [0, 0.05) is 27.3 Å². The maximum atomic E-state index is 9.24. The minimum atomic E-state index is -0.968. The fraction of sp³-hybridized carbons (Fsp3) is 0.500. The summed E-state index contributed by atoms with van der Waals surface area (Å²) in [7, 11) is 0. The Morgan fingerprint density at radius 1 is 1.00 bits per heavy atom. The summed E-state index contributed by atoms with van der Waals surface area (Å²) in [6.45, 7) is -0.556. The van der Waals surface area contributed by atoms with Gasteiger partial charge >= 0.3 is 11.9 Å². The van der Waals surface area contributed by atoms with E-state index in [4.69, 9.17) is 10.2 Å². The van der Waals surface area contributed by atoms with Gasteiger partial charge in [0.05, 0.1) is 13.1 Å². The molecule has 62 valence electrons. The van der Waals surface area contributed by atoms with Gasteiger partial charge in [-0.25, -0.2) is 0 Å². The topological polar surface area (TPSA) is 127 Å². The van der Waals surface area contributed by atoms with Gasteiger partial charge in [-0.05, 0) is 0 Å². The number of aliphatic carboxylic acids is 2. The predicted molar refractivity (Wildman–Crippen MR) is 33.4 cm³/mol. The van der Waals surface area contributed by atoms with E-state index < -0.39 is 11.9 Å². The van der Waals surface area contributed by atoms with E-state index in [1.807, 2.05) is 0 Å². The molecule has 7 heteroatoms. The first-order chi connectivity index (χ1) is 4.54. The summed E-state index contributed by atoms with van der Waals surface area (Å²) in [6, 6.07) is 0. The van der Waals surface area contributed by atoms with Gasteiger partial charge < -0.3 is 21.7 Å². The Morgan fingerprint density at radius 2 is 1.09 bits per heavy atom. The van der Waals surface area contributed by atoms with E-state index in [0.717, 1.165) is 0 Å². The van der Waals surface area contributed by atoms with E-state index in [2.05, 4.69) is 11.5 Å². The van der Waals surface area contributed by atoms with Crippen molar-refractivity contribution in [1.29, 1.82) is 0 Å². The average molecular weight is 263 g/mol. The van der Waals surface area contributed by atoms with Crippen LogP contribution in [0.15, 0.2) is 0 Å². The summed E-state index contributed by atoms with van der Waals surface area (Å²) in [5.41, 5.74) is 9.14. The number of carboxylic acid groups (broad SMARTS) is 2. The molecular formula is C4H10CdN2O4. The summed E-state index contributed by atoms with van der Waals surface area (Å²) in [5.74, 6) is -1.94. The van der Waals surface area contributed by atoms with Crippen LogP contribution in [0, 0.1) is 0 Å². The molecule has 0 rings (SSSR count). The van der Waals surface area contributed by atoms with Crippen LogP contribution in [-0.2, 0) is 36.9 Å². The minimum Gasteiger partial charge on any atom is -0.480 e. The molecule has 0 aromatic heterocycles. The number of carboxylic acids is 2. The Morgan fingerprint density at radius 3 is 1.09 bits per heavy atom. The summed E-state index contributed by atoms with van der Waals surface area (Å²) in [5, 5.41) is 15.2. The zero-order valence-corrected chi connectivity index (χ0v) is 10.0. The van der Waals surface area contributed by atoms with Crippen molar-refractivity contribution < 1.29 is 47.1 Å². The van der Waals surface area contributed by atoms with Crippen LogP contribution in [0.25, 0.3) is 0 Å². The Kier molecular flexibility index (Phi) is 19.3. The molecule has 6 N–H and O–H groups in total. The van der Waals surface area contributed by atoms with Crippen molar-refractivity contribution in [3.8, 4) is 0 Å². The van der Waals surface area contributed by atoms with Gasteiger partial charge in [0.2, 0.25) is 0 Å². The fourth-order valence-corrected chi connectivity index (χ4v) is 0. The molecule has 0 amide bonds. The van der Waals surface area contributed by atoms with E-state index >= 15 is 0 Å². The molecule has 0 saturated heterocycles. The first-order valence-corrected chi connectivity index (χ1v) is 2.38. The van der Waals surface area contributed by atoms with Crippen molar-refractivity contribution in [3.63, 3.8) is 0 Å². The van der Waals surface area contributed by atoms with Crippen LogP contribution in [0.5, 0.6) is 0 Å². The van der Waals surface area contributed by atoms with E-state index in [0.29, 0.717) is 0 Å². The second-order valence-corrected chi connectivity index (χ2v) is 1.20. The van der Waals surface area contributed by atoms with E-state index in [1.165, 1.54) is 0 Å². The van der Waals surface area contributed by atoms with Gasteiger partial charge in [0.15, 0.2) is 0 Å². The normalized spacial score (nSPS) is 6.73. The second-order valence-electron chi connectivity index (χ2n) is 1.20. The van der Waals surface area contributed by atoms with Crippen LogP contribution in [0.2, 0.25) is 0 Å². The van der Waals surface area contributed by atoms with Crippen molar-refractivity contribution in [3.05, 3.63) is 0 Å².